The maximum Gasteiger partial charge on any atom is 0.226 e. The first kappa shape index (κ1) is 21.7. The van der Waals surface area contributed by atoms with Crippen molar-refractivity contribution in [1.29, 1.82) is 0 Å². The third kappa shape index (κ3) is 8.22. The minimum absolute atomic E-state index is 0. The maximum atomic E-state index is 11.9. The van der Waals surface area contributed by atoms with Crippen LogP contribution in [-0.2, 0) is 4.79 Å². The monoisotopic (exact) mass is 450 g/mol. The number of nitrogens with one attached hydrogen (secondary N) is 3. The molecule has 1 aromatic rings. The summed E-state index contributed by atoms with van der Waals surface area (Å²) in [7, 11) is 0. The Morgan fingerprint density at radius 1 is 1.39 bits per heavy atom. The number of anilines is 1. The molecule has 3 N–H and O–H groups in total. The van der Waals surface area contributed by atoms with Crippen LogP contribution in [0.15, 0.2) is 35.8 Å². The average Bonchev–Trinajstić information content (AvgIpc) is 2.49. The van der Waals surface area contributed by atoms with E-state index >= 15 is 0 Å². The predicted octanol–water partition coefficient (Wildman–Crippen LogP) is 3.34. The molecule has 0 aliphatic heterocycles. The van der Waals surface area contributed by atoms with Crippen molar-refractivity contribution >= 4 is 53.1 Å². The minimum Gasteiger partial charge on any atom is -0.357 e. The zero-order valence-electron chi connectivity index (χ0n) is 13.5. The van der Waals surface area contributed by atoms with E-state index in [0.29, 0.717) is 30.5 Å². The second-order valence-electron chi connectivity index (χ2n) is 4.64. The van der Waals surface area contributed by atoms with E-state index in [1.165, 1.54) is 0 Å². The van der Waals surface area contributed by atoms with Gasteiger partial charge in [-0.3, -0.25) is 9.79 Å². The summed E-state index contributed by atoms with van der Waals surface area (Å²) in [6.45, 7) is 9.29. The topological polar surface area (TPSA) is 65.5 Å². The number of benzene rings is 1. The van der Waals surface area contributed by atoms with E-state index in [-0.39, 0.29) is 29.9 Å². The zero-order chi connectivity index (χ0) is 16.4. The largest absolute Gasteiger partial charge is 0.357 e. The van der Waals surface area contributed by atoms with Gasteiger partial charge in [0.1, 0.15) is 0 Å². The molecule has 0 aliphatic carbocycles. The van der Waals surface area contributed by atoms with Crippen molar-refractivity contribution in [2.75, 3.05) is 25.0 Å². The third-order valence-electron chi connectivity index (χ3n) is 2.91. The van der Waals surface area contributed by atoms with Crippen molar-refractivity contribution in [2.24, 2.45) is 4.99 Å². The van der Waals surface area contributed by atoms with Crippen LogP contribution in [0.1, 0.15) is 18.9 Å². The van der Waals surface area contributed by atoms with Crippen LogP contribution >= 0.6 is 35.6 Å². The molecule has 0 fully saturated rings. The summed E-state index contributed by atoms with van der Waals surface area (Å²) in [5, 5.41) is 9.67. The molecule has 0 aromatic heterocycles. The van der Waals surface area contributed by atoms with Crippen molar-refractivity contribution in [3.05, 3.63) is 41.4 Å². The molecule has 7 heteroatoms. The fourth-order valence-corrected chi connectivity index (χ4v) is 1.91. The Morgan fingerprint density at radius 2 is 2.13 bits per heavy atom. The minimum atomic E-state index is -0.0892. The van der Waals surface area contributed by atoms with E-state index in [0.717, 1.165) is 17.8 Å². The molecule has 1 amide bonds. The Morgan fingerprint density at radius 3 is 2.78 bits per heavy atom. The third-order valence-corrected chi connectivity index (χ3v) is 3.32. The molecule has 0 unspecified atom stereocenters. The maximum absolute atomic E-state index is 11.9. The number of aliphatic imine (C=N–C) groups is 1. The first-order valence-corrected chi connectivity index (χ1v) is 7.64. The molecule has 23 heavy (non-hydrogen) atoms. The molecule has 0 spiro atoms. The summed E-state index contributed by atoms with van der Waals surface area (Å²) in [4.78, 5) is 16.3. The molecule has 0 heterocycles. The molecule has 0 atom stereocenters. The fraction of sp³-hybridized carbons (Fsp3) is 0.375. The van der Waals surface area contributed by atoms with Gasteiger partial charge in [-0.15, -0.1) is 30.6 Å². The van der Waals surface area contributed by atoms with E-state index in [9.17, 15) is 4.79 Å². The highest BCUT2D eigenvalue weighted by atomic mass is 127. The van der Waals surface area contributed by atoms with Gasteiger partial charge in [0.25, 0.3) is 0 Å². The number of amides is 1. The zero-order valence-corrected chi connectivity index (χ0v) is 16.6. The predicted molar refractivity (Wildman–Crippen MR) is 109 cm³/mol. The van der Waals surface area contributed by atoms with Crippen LogP contribution < -0.4 is 16.0 Å². The molecule has 1 aromatic carbocycles. The van der Waals surface area contributed by atoms with Crippen LogP contribution in [0.25, 0.3) is 0 Å². The van der Waals surface area contributed by atoms with Crippen molar-refractivity contribution in [3.8, 4) is 0 Å². The van der Waals surface area contributed by atoms with Gasteiger partial charge in [0.15, 0.2) is 5.96 Å². The molecule has 0 saturated heterocycles. The number of rotatable bonds is 7. The Balaban J connectivity index is 0.00000484. The average molecular weight is 451 g/mol. The SMILES string of the molecule is C=CCNC(=NCCC(=O)Nc1cccc(Cl)c1C)NCC.I. The molecular formula is C16H24ClIN4O. The Hall–Kier alpha value is -1.28. The number of hydrogen-bond donors (Lipinski definition) is 3. The van der Waals surface area contributed by atoms with Crippen LogP contribution in [0, 0.1) is 6.92 Å². The molecule has 5 nitrogen and oxygen atoms in total. The standard InChI is InChI=1S/C16H23ClN4O.HI/c1-4-10-19-16(18-5-2)20-11-9-15(22)21-14-8-6-7-13(17)12(14)3;/h4,6-8H,1,5,9-11H2,2-3H3,(H,21,22)(H2,18,19,20);1H. The molecule has 128 valence electrons. The van der Waals surface area contributed by atoms with Crippen LogP contribution in [0.4, 0.5) is 5.69 Å². The van der Waals surface area contributed by atoms with E-state index in [1.807, 2.05) is 26.0 Å². The summed E-state index contributed by atoms with van der Waals surface area (Å²) in [6, 6.07) is 5.44. The van der Waals surface area contributed by atoms with Gasteiger partial charge in [-0.1, -0.05) is 23.7 Å². The van der Waals surface area contributed by atoms with Gasteiger partial charge in [-0.05, 0) is 31.5 Å². The van der Waals surface area contributed by atoms with Crippen LogP contribution in [-0.4, -0.2) is 31.5 Å². The van der Waals surface area contributed by atoms with Crippen molar-refractivity contribution in [1.82, 2.24) is 10.6 Å². The number of carbonyl (C=O) groups excluding carboxylic acids is 1. The van der Waals surface area contributed by atoms with Crippen LogP contribution in [0.2, 0.25) is 5.02 Å². The summed E-state index contributed by atoms with van der Waals surface area (Å²) in [5.41, 5.74) is 1.60. The first-order valence-electron chi connectivity index (χ1n) is 7.26. The quantitative estimate of drug-likeness (QED) is 0.258. The summed E-state index contributed by atoms with van der Waals surface area (Å²) >= 11 is 6.03. The smallest absolute Gasteiger partial charge is 0.226 e. The molecule has 1 rings (SSSR count). The van der Waals surface area contributed by atoms with Crippen molar-refractivity contribution in [2.45, 2.75) is 20.3 Å². The summed E-state index contributed by atoms with van der Waals surface area (Å²) < 4.78 is 0. The van der Waals surface area contributed by atoms with Crippen LogP contribution in [0.3, 0.4) is 0 Å². The number of halogens is 2. The summed E-state index contributed by atoms with van der Waals surface area (Å²) in [5.74, 6) is 0.586. The highest BCUT2D eigenvalue weighted by Gasteiger charge is 2.06. The lowest BCUT2D eigenvalue weighted by Gasteiger charge is -2.10. The van der Waals surface area contributed by atoms with Gasteiger partial charge in [0, 0.05) is 30.2 Å². The van der Waals surface area contributed by atoms with E-state index < -0.39 is 0 Å². The molecule has 0 saturated carbocycles. The van der Waals surface area contributed by atoms with E-state index in [2.05, 4.69) is 27.5 Å². The summed E-state index contributed by atoms with van der Waals surface area (Å²) in [6.07, 6.45) is 2.05. The number of nitrogens with zero attached hydrogens (tertiary/aromatic N) is 1. The fourth-order valence-electron chi connectivity index (χ4n) is 1.74. The molecule has 0 aliphatic rings. The van der Waals surface area contributed by atoms with Gasteiger partial charge in [-0.2, -0.15) is 0 Å². The number of guanidine groups is 1. The number of carbonyl (C=O) groups is 1. The van der Waals surface area contributed by atoms with Gasteiger partial charge in [-0.25, -0.2) is 0 Å². The van der Waals surface area contributed by atoms with Gasteiger partial charge in [0.2, 0.25) is 5.91 Å². The molecular weight excluding hydrogens is 427 g/mol. The lowest BCUT2D eigenvalue weighted by atomic mass is 10.2. The van der Waals surface area contributed by atoms with Crippen molar-refractivity contribution in [3.63, 3.8) is 0 Å². The first-order chi connectivity index (χ1) is 10.6. The second-order valence-corrected chi connectivity index (χ2v) is 5.05. The van der Waals surface area contributed by atoms with Gasteiger partial charge < -0.3 is 16.0 Å². The second kappa shape index (κ2) is 12.2. The van der Waals surface area contributed by atoms with Gasteiger partial charge in [0.05, 0.1) is 6.54 Å². The lowest BCUT2D eigenvalue weighted by Crippen LogP contribution is -2.37. The highest BCUT2D eigenvalue weighted by molar-refractivity contribution is 14.0. The lowest BCUT2D eigenvalue weighted by molar-refractivity contribution is -0.116. The molecule has 0 bridgehead atoms. The Kier molecular flexibility index (Phi) is 11.5. The van der Waals surface area contributed by atoms with E-state index in [4.69, 9.17) is 11.6 Å². The van der Waals surface area contributed by atoms with E-state index in [1.54, 1.807) is 12.1 Å². The normalized spacial score (nSPS) is 10.5. The van der Waals surface area contributed by atoms with Crippen molar-refractivity contribution < 1.29 is 4.79 Å². The Bertz CT molecular complexity index is 549. The Labute approximate surface area is 160 Å². The highest BCUT2D eigenvalue weighted by Crippen LogP contribution is 2.22. The van der Waals surface area contributed by atoms with Gasteiger partial charge >= 0.3 is 0 Å². The number of hydrogen-bond acceptors (Lipinski definition) is 2. The van der Waals surface area contributed by atoms with Crippen LogP contribution in [0.5, 0.6) is 0 Å². The molecule has 0 radical (unpaired) electrons.